The predicted molar refractivity (Wildman–Crippen MR) is 80.5 cm³/mol. The molecule has 18 heavy (non-hydrogen) atoms. The topological polar surface area (TPSA) is 24.1 Å². The second-order valence-corrected chi connectivity index (χ2v) is 5.41. The zero-order chi connectivity index (χ0) is 12.6. The van der Waals surface area contributed by atoms with E-state index in [-0.39, 0.29) is 0 Å². The van der Waals surface area contributed by atoms with Gasteiger partial charge in [0.05, 0.1) is 0 Å². The van der Waals surface area contributed by atoms with Crippen LogP contribution < -0.4 is 10.6 Å². The number of hydrogen-bond acceptors (Lipinski definition) is 1. The van der Waals surface area contributed by atoms with Gasteiger partial charge in [0.2, 0.25) is 0 Å². The molecule has 1 aliphatic carbocycles. The number of thiocarbonyl (C=S) groups is 1. The molecule has 0 radical (unpaired) electrons. The Labute approximate surface area is 115 Å². The third-order valence-electron chi connectivity index (χ3n) is 3.49. The highest BCUT2D eigenvalue weighted by molar-refractivity contribution is 7.80. The predicted octanol–water partition coefficient (Wildman–Crippen LogP) is 3.37. The van der Waals surface area contributed by atoms with Gasteiger partial charge in [-0.1, -0.05) is 56.0 Å². The first kappa shape index (κ1) is 13.3. The van der Waals surface area contributed by atoms with E-state index in [2.05, 4.69) is 34.9 Å². The van der Waals surface area contributed by atoms with Crippen LogP contribution in [0.5, 0.6) is 0 Å². The van der Waals surface area contributed by atoms with Crippen LogP contribution in [0.3, 0.4) is 0 Å². The van der Waals surface area contributed by atoms with Gasteiger partial charge in [-0.3, -0.25) is 0 Å². The van der Waals surface area contributed by atoms with Gasteiger partial charge in [0.25, 0.3) is 0 Å². The molecule has 1 aromatic carbocycles. The van der Waals surface area contributed by atoms with E-state index in [4.69, 9.17) is 12.2 Å². The lowest BCUT2D eigenvalue weighted by Gasteiger charge is -2.19. The Morgan fingerprint density at radius 1 is 1.06 bits per heavy atom. The molecular formula is C15H22N2S. The lowest BCUT2D eigenvalue weighted by Crippen LogP contribution is -2.41. The summed E-state index contributed by atoms with van der Waals surface area (Å²) in [5.74, 6) is 0. The van der Waals surface area contributed by atoms with Crippen LogP contribution in [0.15, 0.2) is 30.3 Å². The summed E-state index contributed by atoms with van der Waals surface area (Å²) < 4.78 is 0. The Kier molecular flexibility index (Phi) is 5.46. The number of rotatable bonds is 3. The Bertz CT molecular complexity index is 356. The number of nitrogens with one attached hydrogen (secondary N) is 2. The van der Waals surface area contributed by atoms with Crippen molar-refractivity contribution in [1.29, 1.82) is 0 Å². The molecule has 98 valence electrons. The minimum Gasteiger partial charge on any atom is -0.360 e. The van der Waals surface area contributed by atoms with Gasteiger partial charge in [-0.2, -0.15) is 0 Å². The molecule has 1 fully saturated rings. The third kappa shape index (κ3) is 4.65. The molecule has 0 aliphatic heterocycles. The van der Waals surface area contributed by atoms with Crippen molar-refractivity contribution in [3.63, 3.8) is 0 Å². The molecule has 0 aromatic heterocycles. The minimum absolute atomic E-state index is 0.572. The zero-order valence-electron chi connectivity index (χ0n) is 10.8. The van der Waals surface area contributed by atoms with Crippen molar-refractivity contribution in [2.24, 2.45) is 0 Å². The van der Waals surface area contributed by atoms with Gasteiger partial charge >= 0.3 is 0 Å². The monoisotopic (exact) mass is 262 g/mol. The van der Waals surface area contributed by atoms with Gasteiger partial charge in [0.1, 0.15) is 0 Å². The summed E-state index contributed by atoms with van der Waals surface area (Å²) in [5.41, 5.74) is 1.27. The SMILES string of the molecule is S=C(NCc1ccccc1)NC1CCCCCC1. The van der Waals surface area contributed by atoms with E-state index < -0.39 is 0 Å². The van der Waals surface area contributed by atoms with E-state index in [1.54, 1.807) is 0 Å². The van der Waals surface area contributed by atoms with Crippen LogP contribution in [0.1, 0.15) is 44.1 Å². The highest BCUT2D eigenvalue weighted by Crippen LogP contribution is 2.17. The highest BCUT2D eigenvalue weighted by atomic mass is 32.1. The van der Waals surface area contributed by atoms with E-state index in [1.165, 1.54) is 44.1 Å². The molecule has 1 aliphatic rings. The summed E-state index contributed by atoms with van der Waals surface area (Å²) >= 11 is 5.36. The largest absolute Gasteiger partial charge is 0.360 e. The van der Waals surface area contributed by atoms with Gasteiger partial charge in [-0.25, -0.2) is 0 Å². The Morgan fingerprint density at radius 3 is 2.39 bits per heavy atom. The molecule has 0 atom stereocenters. The van der Waals surface area contributed by atoms with Gasteiger partial charge in [0.15, 0.2) is 5.11 Å². The molecule has 2 rings (SSSR count). The first-order valence-electron chi connectivity index (χ1n) is 6.93. The quantitative estimate of drug-likeness (QED) is 0.645. The smallest absolute Gasteiger partial charge is 0.166 e. The fourth-order valence-corrected chi connectivity index (χ4v) is 2.68. The first-order valence-corrected chi connectivity index (χ1v) is 7.34. The van der Waals surface area contributed by atoms with Crippen LogP contribution in [0.4, 0.5) is 0 Å². The van der Waals surface area contributed by atoms with Crippen LogP contribution in [0, 0.1) is 0 Å². The Morgan fingerprint density at radius 2 is 1.72 bits per heavy atom. The minimum atomic E-state index is 0.572. The van der Waals surface area contributed by atoms with E-state index in [0.717, 1.165) is 11.7 Å². The van der Waals surface area contributed by atoms with E-state index >= 15 is 0 Å². The second-order valence-electron chi connectivity index (χ2n) is 5.00. The Hall–Kier alpha value is -1.09. The van der Waals surface area contributed by atoms with Crippen molar-refractivity contribution in [2.45, 2.75) is 51.1 Å². The van der Waals surface area contributed by atoms with Crippen LogP contribution in [0.25, 0.3) is 0 Å². The lowest BCUT2D eigenvalue weighted by atomic mass is 10.1. The van der Waals surface area contributed by atoms with Crippen molar-refractivity contribution in [2.75, 3.05) is 0 Å². The molecule has 0 unspecified atom stereocenters. The molecule has 0 amide bonds. The fourth-order valence-electron chi connectivity index (χ4n) is 2.44. The van der Waals surface area contributed by atoms with Gasteiger partial charge in [0, 0.05) is 12.6 Å². The summed E-state index contributed by atoms with van der Waals surface area (Å²) in [4.78, 5) is 0. The molecule has 0 spiro atoms. The van der Waals surface area contributed by atoms with Gasteiger partial charge in [-0.15, -0.1) is 0 Å². The van der Waals surface area contributed by atoms with Crippen LogP contribution in [-0.2, 0) is 6.54 Å². The van der Waals surface area contributed by atoms with E-state index in [9.17, 15) is 0 Å². The van der Waals surface area contributed by atoms with Crippen molar-refractivity contribution in [1.82, 2.24) is 10.6 Å². The highest BCUT2D eigenvalue weighted by Gasteiger charge is 2.12. The van der Waals surface area contributed by atoms with Crippen molar-refractivity contribution in [3.05, 3.63) is 35.9 Å². The second kappa shape index (κ2) is 7.37. The number of hydrogen-bond donors (Lipinski definition) is 2. The summed E-state index contributed by atoms with van der Waals surface area (Å²) in [6, 6.07) is 10.9. The van der Waals surface area contributed by atoms with Crippen molar-refractivity contribution in [3.8, 4) is 0 Å². The maximum atomic E-state index is 5.36. The van der Waals surface area contributed by atoms with E-state index in [0.29, 0.717) is 6.04 Å². The summed E-state index contributed by atoms with van der Waals surface area (Å²) in [6.07, 6.45) is 7.93. The van der Waals surface area contributed by atoms with Crippen molar-refractivity contribution < 1.29 is 0 Å². The lowest BCUT2D eigenvalue weighted by molar-refractivity contribution is 0.528. The van der Waals surface area contributed by atoms with Gasteiger partial charge in [-0.05, 0) is 30.6 Å². The van der Waals surface area contributed by atoms with E-state index in [1.807, 2.05) is 6.07 Å². The maximum absolute atomic E-state index is 5.36. The molecule has 3 heteroatoms. The maximum Gasteiger partial charge on any atom is 0.166 e. The molecule has 0 heterocycles. The Balaban J connectivity index is 1.71. The van der Waals surface area contributed by atoms with Crippen LogP contribution >= 0.6 is 12.2 Å². The van der Waals surface area contributed by atoms with Crippen LogP contribution in [-0.4, -0.2) is 11.2 Å². The molecule has 0 bridgehead atoms. The summed E-state index contributed by atoms with van der Waals surface area (Å²) in [5, 5.41) is 7.53. The first-order chi connectivity index (χ1) is 8.84. The zero-order valence-corrected chi connectivity index (χ0v) is 11.6. The number of benzene rings is 1. The average molecular weight is 262 g/mol. The average Bonchev–Trinajstić information content (AvgIpc) is 2.66. The van der Waals surface area contributed by atoms with Crippen LogP contribution in [0.2, 0.25) is 0 Å². The molecule has 2 nitrogen and oxygen atoms in total. The summed E-state index contributed by atoms with van der Waals surface area (Å²) in [7, 11) is 0. The standard InChI is InChI=1S/C15H22N2S/c18-15(16-12-13-8-4-3-5-9-13)17-14-10-6-1-2-7-11-14/h3-5,8-9,14H,1-2,6-7,10-12H2,(H2,16,17,18). The normalized spacial score (nSPS) is 16.9. The molecule has 0 saturated heterocycles. The molecule has 1 saturated carbocycles. The van der Waals surface area contributed by atoms with Crippen molar-refractivity contribution >= 4 is 17.3 Å². The molecule has 1 aromatic rings. The fraction of sp³-hybridized carbons (Fsp3) is 0.533. The summed E-state index contributed by atoms with van der Waals surface area (Å²) in [6.45, 7) is 0.805. The van der Waals surface area contributed by atoms with Gasteiger partial charge < -0.3 is 10.6 Å². The molecule has 2 N–H and O–H groups in total. The molecular weight excluding hydrogens is 240 g/mol. The third-order valence-corrected chi connectivity index (χ3v) is 3.75.